The molecule has 0 aliphatic carbocycles. The van der Waals surface area contributed by atoms with E-state index in [9.17, 15) is 9.90 Å². The maximum absolute atomic E-state index is 11.9. The number of carbonyl (C=O) groups is 1. The fourth-order valence-electron chi connectivity index (χ4n) is 2.76. The van der Waals surface area contributed by atoms with Crippen LogP contribution in [-0.4, -0.2) is 43.0 Å². The number of ether oxygens (including phenoxy) is 1. The summed E-state index contributed by atoms with van der Waals surface area (Å²) in [6.45, 7) is 3.62. The number of urea groups is 1. The Morgan fingerprint density at radius 2 is 2.14 bits per heavy atom. The monoisotopic (exact) mass is 306 g/mol. The van der Waals surface area contributed by atoms with Gasteiger partial charge in [-0.3, -0.25) is 0 Å². The zero-order valence-electron chi connectivity index (χ0n) is 13.1. The second-order valence-electron chi connectivity index (χ2n) is 5.92. The maximum Gasteiger partial charge on any atom is 0.314 e. The molecular weight excluding hydrogens is 280 g/mol. The quantitative estimate of drug-likeness (QED) is 0.722. The highest BCUT2D eigenvalue weighted by Crippen LogP contribution is 2.20. The highest BCUT2D eigenvalue weighted by atomic mass is 16.5. The summed E-state index contributed by atoms with van der Waals surface area (Å²) in [5.74, 6) is 0.106. The SMILES string of the molecule is CC(O)CC(CNC(=O)NCC1CCCO1)c1ccccc1. The zero-order valence-corrected chi connectivity index (χ0v) is 13.1. The number of carbonyl (C=O) groups excluding carboxylic acids is 1. The molecule has 1 heterocycles. The topological polar surface area (TPSA) is 70.6 Å². The van der Waals surface area contributed by atoms with Crippen molar-refractivity contribution in [1.82, 2.24) is 10.6 Å². The van der Waals surface area contributed by atoms with Crippen LogP contribution in [0.25, 0.3) is 0 Å². The normalized spacial score (nSPS) is 20.4. The molecule has 2 amide bonds. The molecule has 0 radical (unpaired) electrons. The molecule has 1 saturated heterocycles. The molecule has 1 fully saturated rings. The van der Waals surface area contributed by atoms with Crippen LogP contribution in [0.3, 0.4) is 0 Å². The third-order valence-corrected chi connectivity index (χ3v) is 3.92. The number of benzene rings is 1. The molecule has 2 rings (SSSR count). The average molecular weight is 306 g/mol. The van der Waals surface area contributed by atoms with Crippen molar-refractivity contribution in [2.75, 3.05) is 19.7 Å². The Morgan fingerprint density at radius 1 is 1.36 bits per heavy atom. The van der Waals surface area contributed by atoms with E-state index in [0.717, 1.165) is 25.0 Å². The number of hydrogen-bond acceptors (Lipinski definition) is 3. The van der Waals surface area contributed by atoms with Gasteiger partial charge in [0.25, 0.3) is 0 Å². The van der Waals surface area contributed by atoms with E-state index in [2.05, 4.69) is 10.6 Å². The molecule has 5 heteroatoms. The lowest BCUT2D eigenvalue weighted by Crippen LogP contribution is -2.41. The molecule has 1 aromatic rings. The third-order valence-electron chi connectivity index (χ3n) is 3.92. The van der Waals surface area contributed by atoms with Gasteiger partial charge in [-0.1, -0.05) is 30.3 Å². The average Bonchev–Trinajstić information content (AvgIpc) is 3.03. The maximum atomic E-state index is 11.9. The molecule has 1 aromatic carbocycles. The Kier molecular flexibility index (Phi) is 6.68. The fraction of sp³-hybridized carbons (Fsp3) is 0.588. The Bertz CT molecular complexity index is 444. The van der Waals surface area contributed by atoms with E-state index in [1.165, 1.54) is 0 Å². The van der Waals surface area contributed by atoms with Crippen molar-refractivity contribution in [3.8, 4) is 0 Å². The second kappa shape index (κ2) is 8.76. The van der Waals surface area contributed by atoms with Crippen molar-refractivity contribution in [2.24, 2.45) is 0 Å². The smallest absolute Gasteiger partial charge is 0.314 e. The minimum absolute atomic E-state index is 0.106. The van der Waals surface area contributed by atoms with E-state index in [1.54, 1.807) is 6.92 Å². The van der Waals surface area contributed by atoms with Crippen LogP contribution in [0.15, 0.2) is 30.3 Å². The molecular formula is C17H26N2O3. The van der Waals surface area contributed by atoms with Gasteiger partial charge in [-0.2, -0.15) is 0 Å². The van der Waals surface area contributed by atoms with Gasteiger partial charge in [-0.25, -0.2) is 4.79 Å². The number of nitrogens with one attached hydrogen (secondary N) is 2. The van der Waals surface area contributed by atoms with Gasteiger partial charge >= 0.3 is 6.03 Å². The Morgan fingerprint density at radius 3 is 2.77 bits per heavy atom. The van der Waals surface area contributed by atoms with Crippen molar-refractivity contribution < 1.29 is 14.6 Å². The standard InChI is InChI=1S/C17H26N2O3/c1-13(20)10-15(14-6-3-2-4-7-14)11-18-17(21)19-12-16-8-5-9-22-16/h2-4,6-7,13,15-16,20H,5,8-12H2,1H3,(H2,18,19,21). The van der Waals surface area contributed by atoms with Gasteiger partial charge in [0, 0.05) is 25.6 Å². The van der Waals surface area contributed by atoms with Gasteiger partial charge in [0.05, 0.1) is 12.2 Å². The number of rotatable bonds is 7. The van der Waals surface area contributed by atoms with Gasteiger partial charge in [-0.05, 0) is 31.7 Å². The van der Waals surface area contributed by atoms with Gasteiger partial charge in [0.15, 0.2) is 0 Å². The second-order valence-corrected chi connectivity index (χ2v) is 5.92. The van der Waals surface area contributed by atoms with E-state index < -0.39 is 6.10 Å². The lowest BCUT2D eigenvalue weighted by Gasteiger charge is -2.20. The van der Waals surface area contributed by atoms with Crippen LogP contribution < -0.4 is 10.6 Å². The molecule has 22 heavy (non-hydrogen) atoms. The summed E-state index contributed by atoms with van der Waals surface area (Å²) >= 11 is 0. The van der Waals surface area contributed by atoms with Crippen molar-refractivity contribution in [1.29, 1.82) is 0 Å². The Balaban J connectivity index is 1.78. The summed E-state index contributed by atoms with van der Waals surface area (Å²) < 4.78 is 5.48. The first kappa shape index (κ1) is 16.8. The fourth-order valence-corrected chi connectivity index (χ4v) is 2.76. The van der Waals surface area contributed by atoms with E-state index in [4.69, 9.17) is 4.74 Å². The summed E-state index contributed by atoms with van der Waals surface area (Å²) in [5, 5.41) is 15.4. The van der Waals surface area contributed by atoms with Crippen LogP contribution in [-0.2, 0) is 4.74 Å². The number of amides is 2. The molecule has 0 bridgehead atoms. The largest absolute Gasteiger partial charge is 0.393 e. The summed E-state index contributed by atoms with van der Waals surface area (Å²) in [5.41, 5.74) is 1.13. The summed E-state index contributed by atoms with van der Waals surface area (Å²) in [7, 11) is 0. The molecule has 1 aliphatic heterocycles. The number of aliphatic hydroxyl groups is 1. The number of aliphatic hydroxyl groups excluding tert-OH is 1. The highest BCUT2D eigenvalue weighted by molar-refractivity contribution is 5.73. The molecule has 0 spiro atoms. The first-order chi connectivity index (χ1) is 10.6. The lowest BCUT2D eigenvalue weighted by molar-refractivity contribution is 0.111. The van der Waals surface area contributed by atoms with Crippen LogP contribution in [0.5, 0.6) is 0 Å². The first-order valence-electron chi connectivity index (χ1n) is 8.01. The Labute approximate surface area is 132 Å². The van der Waals surface area contributed by atoms with Crippen molar-refractivity contribution >= 4 is 6.03 Å². The molecule has 0 saturated carbocycles. The van der Waals surface area contributed by atoms with Gasteiger partial charge in [0.1, 0.15) is 0 Å². The Hall–Kier alpha value is -1.59. The molecule has 122 valence electrons. The zero-order chi connectivity index (χ0) is 15.8. The molecule has 0 aromatic heterocycles. The van der Waals surface area contributed by atoms with E-state index in [0.29, 0.717) is 19.5 Å². The van der Waals surface area contributed by atoms with Crippen molar-refractivity contribution in [3.05, 3.63) is 35.9 Å². The summed E-state index contributed by atoms with van der Waals surface area (Å²) in [6.07, 6.45) is 2.44. The highest BCUT2D eigenvalue weighted by Gasteiger charge is 2.18. The predicted molar refractivity (Wildman–Crippen MR) is 85.9 cm³/mol. The van der Waals surface area contributed by atoms with E-state index in [1.807, 2.05) is 30.3 Å². The van der Waals surface area contributed by atoms with E-state index in [-0.39, 0.29) is 18.1 Å². The first-order valence-corrected chi connectivity index (χ1v) is 8.01. The molecule has 3 atom stereocenters. The summed E-state index contributed by atoms with van der Waals surface area (Å²) in [4.78, 5) is 11.9. The van der Waals surface area contributed by atoms with Crippen molar-refractivity contribution in [2.45, 2.75) is 44.3 Å². The molecule has 3 unspecified atom stereocenters. The minimum atomic E-state index is -0.401. The minimum Gasteiger partial charge on any atom is -0.393 e. The van der Waals surface area contributed by atoms with E-state index >= 15 is 0 Å². The molecule has 3 N–H and O–H groups in total. The summed E-state index contributed by atoms with van der Waals surface area (Å²) in [6, 6.07) is 9.79. The van der Waals surface area contributed by atoms with Crippen molar-refractivity contribution in [3.63, 3.8) is 0 Å². The van der Waals surface area contributed by atoms with Crippen LogP contribution in [0.4, 0.5) is 4.79 Å². The van der Waals surface area contributed by atoms with Gasteiger partial charge in [-0.15, -0.1) is 0 Å². The van der Waals surface area contributed by atoms with Gasteiger partial charge < -0.3 is 20.5 Å². The van der Waals surface area contributed by atoms with Crippen LogP contribution in [0, 0.1) is 0 Å². The van der Waals surface area contributed by atoms with Gasteiger partial charge in [0.2, 0.25) is 0 Å². The molecule has 5 nitrogen and oxygen atoms in total. The lowest BCUT2D eigenvalue weighted by atomic mass is 9.93. The van der Waals surface area contributed by atoms with Crippen LogP contribution >= 0.6 is 0 Å². The number of hydrogen-bond donors (Lipinski definition) is 3. The molecule has 1 aliphatic rings. The van der Waals surface area contributed by atoms with Crippen LogP contribution in [0.1, 0.15) is 37.7 Å². The predicted octanol–water partition coefficient (Wildman–Crippen LogP) is 2.02. The van der Waals surface area contributed by atoms with Crippen LogP contribution in [0.2, 0.25) is 0 Å². The third kappa shape index (κ3) is 5.66.